The molecule has 0 saturated heterocycles. The largest absolute Gasteiger partial charge is 0.508 e. The van der Waals surface area contributed by atoms with Gasteiger partial charge in [-0.3, -0.25) is 30.4 Å². The molecule has 0 atom stereocenters. The van der Waals surface area contributed by atoms with Gasteiger partial charge in [0.15, 0.2) is 11.6 Å². The normalized spacial score (nSPS) is 11.0. The quantitative estimate of drug-likeness (QED) is 0.00578. The predicted octanol–water partition coefficient (Wildman–Crippen LogP) is 26.5. The standard InChI is InChI=1S/C21H26N4O.C20H24N4O.C18H23N3O.C18H21NO2.C18H21NOS.C10H15N.C8H7ClO2.BBr3.H4N2/c1-21(2,3)16-10-12-17(13-11-16)25-19(22-23-20(25)24(4)5)15-8-7-9-18(14-15)26-6;1-20(2,3)15-9-11-16(12-10-15)24-18(21-22-19(24)23(4)5)14-7-6-8-17(25)13-14;1-18(2,3)14-8-10-15(11-9-14)20-17(21-19)13-6-5-7-16(12-13)22-4;1-18(2,3)14-8-10-15(11-9-14)19-17(20)13-6-5-7-16(12-13)21-4;1-18(2,3)14-8-10-15(11-9-14)19-17(21)13-6-5-7-16(12-13)20-4;1-10(2,3)8-4-6-9(11)7-5-8;1-11-7-4-2-3-6(5-7)8(9)10;2-1(3)4;1-2/h7-14H,1-6H3;6-13,25H,1-5H3;5-12H,19H2,1-4H3,(H,20,21);5-12H,1-4H3,(H,19,20);5-12H,1-4H3,(H,19,21);4-7H,11H2,1-3H3;2-5H,1H3;;1-2H2. The fourth-order valence-electron chi connectivity index (χ4n) is 13.5. The third-order valence-electron chi connectivity index (χ3n) is 21.7. The Hall–Kier alpha value is -12.7. The van der Waals surface area contributed by atoms with E-state index in [0.717, 1.165) is 91.3 Å². The van der Waals surface area contributed by atoms with Crippen LogP contribution in [0.1, 0.15) is 190 Å². The molecular formula is C113H141BBr3ClN16O8S. The molecule has 0 spiro atoms. The Morgan fingerprint density at radius 2 is 0.678 bits per heavy atom. The molecule has 14 aromatic rings. The summed E-state index contributed by atoms with van der Waals surface area (Å²) in [6.07, 6.45) is 0. The van der Waals surface area contributed by atoms with E-state index in [1.165, 1.54) is 40.5 Å². The van der Waals surface area contributed by atoms with E-state index >= 15 is 0 Å². The van der Waals surface area contributed by atoms with Crippen LogP contribution in [0, 0.1) is 0 Å². The first-order chi connectivity index (χ1) is 67.3. The zero-order valence-corrected chi connectivity index (χ0v) is 93.7. The second-order valence-corrected chi connectivity index (χ2v) is 46.5. The van der Waals surface area contributed by atoms with Gasteiger partial charge in [-0.25, -0.2) is 10.8 Å². The SMILES string of the molecule is BrB(Br)Br.CC(C)(C)c1ccc(N)cc1.CN(C)c1nnc(-c2cccc(O)c2)n1-c1ccc(C(C)(C)C)cc1.COc1cccc(-c2nnc(N(C)C)n2-c2ccc(C(C)(C)C)cc2)c1.COc1cccc(C(=Nc2ccc(C(C)(C)C)cc2)NN)c1.COc1cccc(C(=O)Cl)c1.COc1cccc(C(=O)Nc2ccc(C(C)(C)C)cc2)c1.COc1cccc(C(=S)Nc2ccc(C(C)(C)C)cc2)c1.NN. The van der Waals surface area contributed by atoms with Gasteiger partial charge < -0.3 is 60.4 Å². The first-order valence-electron chi connectivity index (χ1n) is 46.1. The maximum absolute atomic E-state index is 12.2. The van der Waals surface area contributed by atoms with Gasteiger partial charge in [0.25, 0.3) is 11.1 Å². The van der Waals surface area contributed by atoms with Crippen LogP contribution in [0.25, 0.3) is 34.2 Å². The smallest absolute Gasteiger partial charge is 0.369 e. The number of hydrogen-bond donors (Lipinski definition) is 8. The summed E-state index contributed by atoms with van der Waals surface area (Å²) in [5.74, 6) is 21.0. The summed E-state index contributed by atoms with van der Waals surface area (Å²) in [5.41, 5.74) is 26.9. The van der Waals surface area contributed by atoms with Crippen molar-refractivity contribution in [3.05, 3.63) is 347 Å². The number of amides is 1. The Labute approximate surface area is 882 Å². The summed E-state index contributed by atoms with van der Waals surface area (Å²) in [7, 11) is 15.9. The van der Waals surface area contributed by atoms with Crippen molar-refractivity contribution in [2.24, 2.45) is 22.5 Å². The summed E-state index contributed by atoms with van der Waals surface area (Å²) in [4.78, 5) is 32.0. The van der Waals surface area contributed by atoms with Crippen molar-refractivity contribution in [3.8, 4) is 68.6 Å². The van der Waals surface area contributed by atoms with Gasteiger partial charge in [0.1, 0.15) is 45.3 Å². The molecule has 0 saturated carbocycles. The third-order valence-corrected chi connectivity index (χ3v) is 22.3. The van der Waals surface area contributed by atoms with E-state index in [2.05, 4.69) is 327 Å². The number of hydrazine groups is 2. The Balaban J connectivity index is 0.000000257. The number of anilines is 5. The molecule has 0 radical (unpaired) electrons. The van der Waals surface area contributed by atoms with E-state index in [0.29, 0.717) is 39.3 Å². The summed E-state index contributed by atoms with van der Waals surface area (Å²) < 4.78 is 30.2. The minimum absolute atomic E-state index is 0.101. The fraction of sp³-hybridized carbons (Fsp3) is 0.292. The number of carbonyl (C=O) groups is 2. The van der Waals surface area contributed by atoms with E-state index in [9.17, 15) is 14.7 Å². The number of hydrogen-bond acceptors (Lipinski definition) is 20. The zero-order chi connectivity index (χ0) is 106. The van der Waals surface area contributed by atoms with E-state index in [4.69, 9.17) is 59.1 Å². The summed E-state index contributed by atoms with van der Waals surface area (Å²) in [5, 5.41) is 33.0. The van der Waals surface area contributed by atoms with Crippen molar-refractivity contribution in [2.45, 2.75) is 157 Å². The number of aromatic hydroxyl groups is 1. The van der Waals surface area contributed by atoms with Gasteiger partial charge in [-0.05, 0) is 235 Å². The van der Waals surface area contributed by atoms with Gasteiger partial charge in [-0.15, -0.1) is 67.7 Å². The molecule has 24 nitrogen and oxygen atoms in total. The maximum Gasteiger partial charge on any atom is 0.369 e. The van der Waals surface area contributed by atoms with Crippen molar-refractivity contribution >= 4 is 131 Å². The summed E-state index contributed by atoms with van der Waals surface area (Å²) >= 11 is 20.0. The molecule has 1 amide bonds. The Kier molecular flexibility index (Phi) is 46.4. The minimum Gasteiger partial charge on any atom is -0.508 e. The molecular weight excluding hydrogens is 2030 g/mol. The molecule has 14 rings (SSSR count). The summed E-state index contributed by atoms with van der Waals surface area (Å²) in [6, 6.07) is 93.7. The second kappa shape index (κ2) is 55.8. The van der Waals surface area contributed by atoms with Crippen LogP contribution in [-0.2, 0) is 32.5 Å². The van der Waals surface area contributed by atoms with E-state index in [-0.39, 0.29) is 47.3 Å². The van der Waals surface area contributed by atoms with Crippen LogP contribution in [-0.4, -0.2) is 124 Å². The molecule has 30 heteroatoms. The Morgan fingerprint density at radius 3 is 1.02 bits per heavy atom. The van der Waals surface area contributed by atoms with Crippen LogP contribution in [0.5, 0.6) is 34.5 Å². The molecule has 12 aromatic carbocycles. The number of thiocarbonyl (C=S) groups is 1. The van der Waals surface area contributed by atoms with Crippen molar-refractivity contribution in [1.82, 2.24) is 35.0 Å². The number of nitrogens with one attached hydrogen (secondary N) is 3. The number of halogens is 4. The van der Waals surface area contributed by atoms with Crippen LogP contribution >= 0.6 is 71.1 Å². The van der Waals surface area contributed by atoms with Crippen molar-refractivity contribution < 1.29 is 38.4 Å². The number of methoxy groups -OCH3 is 5. The minimum atomic E-state index is -0.469. The molecule has 0 bridgehead atoms. The molecule has 2 aromatic heterocycles. The lowest BCUT2D eigenvalue weighted by atomic mass is 9.87. The monoisotopic (exact) mass is 2160 g/mol. The molecule has 0 aliphatic heterocycles. The molecule has 758 valence electrons. The molecule has 0 unspecified atom stereocenters. The number of aromatic nitrogens is 6. The molecule has 0 aliphatic rings. The molecule has 12 N–H and O–H groups in total. The van der Waals surface area contributed by atoms with Crippen molar-refractivity contribution in [3.63, 3.8) is 0 Å². The highest BCUT2D eigenvalue weighted by atomic mass is 79.9. The number of ether oxygens (including phenoxy) is 5. The number of nitrogen functional groups attached to an aromatic ring is 1. The lowest BCUT2D eigenvalue weighted by molar-refractivity contribution is 0.102. The van der Waals surface area contributed by atoms with Crippen molar-refractivity contribution in [2.75, 3.05) is 89.9 Å². The number of amidine groups is 1. The van der Waals surface area contributed by atoms with Gasteiger partial charge in [-0.2, -0.15) is 0 Å². The highest BCUT2D eigenvalue weighted by Crippen LogP contribution is 2.36. The van der Waals surface area contributed by atoms with E-state index in [1.54, 1.807) is 83.0 Å². The molecule has 143 heavy (non-hydrogen) atoms. The van der Waals surface area contributed by atoms with Gasteiger partial charge in [0.05, 0.1) is 52.6 Å². The zero-order valence-electron chi connectivity index (χ0n) is 87.3. The number of phenolic OH excluding ortho intramolecular Hbond substituents is 1. The van der Waals surface area contributed by atoms with Crippen molar-refractivity contribution in [1.29, 1.82) is 0 Å². The number of nitrogens with two attached hydrogens (primary N) is 4. The number of nitrogens with zero attached hydrogens (tertiary/aromatic N) is 9. The Morgan fingerprint density at radius 1 is 0.392 bits per heavy atom. The third kappa shape index (κ3) is 38.5. The van der Waals surface area contributed by atoms with Gasteiger partial charge in [0, 0.05) is 78.6 Å². The maximum atomic E-state index is 12.2. The first kappa shape index (κ1) is 119. The van der Waals surface area contributed by atoms with E-state index < -0.39 is 5.24 Å². The first-order valence-corrected chi connectivity index (χ1v) is 49.6. The molecule has 0 aliphatic carbocycles. The second-order valence-electron chi connectivity index (χ2n) is 39.3. The average molecular weight is 2170 g/mol. The number of rotatable bonds is 18. The number of aliphatic imine (C=N–C) groups is 1. The van der Waals surface area contributed by atoms with Gasteiger partial charge >= 0.3 is 3.18 Å². The predicted molar refractivity (Wildman–Crippen MR) is 613 cm³/mol. The molecule has 0 fully saturated rings. The highest BCUT2D eigenvalue weighted by Gasteiger charge is 2.24. The Bertz CT molecular complexity index is 6230. The van der Waals surface area contributed by atoms with Crippen LogP contribution < -0.4 is 72.8 Å². The van der Waals surface area contributed by atoms with Crippen LogP contribution in [0.3, 0.4) is 0 Å². The summed E-state index contributed by atoms with van der Waals surface area (Å²) in [6.45, 7) is 39.5. The topological polar surface area (TPSA) is 321 Å². The van der Waals surface area contributed by atoms with Gasteiger partial charge in [0.2, 0.25) is 11.9 Å². The number of phenols is 1. The lowest BCUT2D eigenvalue weighted by Crippen LogP contribution is -2.30. The van der Waals surface area contributed by atoms with Gasteiger partial charge in [-0.1, -0.05) is 270 Å². The highest BCUT2D eigenvalue weighted by molar-refractivity contribution is 9.69. The van der Waals surface area contributed by atoms with E-state index in [1.807, 2.05) is 182 Å². The average Bonchev–Trinajstić information content (AvgIpc) is 1.44. The number of carbonyl (C=O) groups excluding carboxylic acids is 2. The van der Waals surface area contributed by atoms with Crippen LogP contribution in [0.2, 0.25) is 0 Å². The van der Waals surface area contributed by atoms with Crippen LogP contribution in [0.4, 0.5) is 34.6 Å². The van der Waals surface area contributed by atoms with Crippen LogP contribution in [0.15, 0.2) is 296 Å². The lowest BCUT2D eigenvalue weighted by Gasteiger charge is -2.20. The molecule has 2 heterocycles. The number of benzene rings is 12. The fourth-order valence-corrected chi connectivity index (χ4v) is 13.9.